The molecule has 6 nitrogen and oxygen atoms in total. The van der Waals surface area contributed by atoms with E-state index in [2.05, 4.69) is 26.6 Å². The van der Waals surface area contributed by atoms with Crippen LogP contribution in [0.1, 0.15) is 27.9 Å². The van der Waals surface area contributed by atoms with E-state index in [1.165, 1.54) is 0 Å². The fourth-order valence-corrected chi connectivity index (χ4v) is 6.59. The molecule has 2 saturated carbocycles. The first kappa shape index (κ1) is 20.2. The second-order valence-corrected chi connectivity index (χ2v) is 9.92. The Hall–Kier alpha value is -2.67. The van der Waals surface area contributed by atoms with E-state index in [9.17, 15) is 14.4 Å². The third kappa shape index (κ3) is 3.45. The number of hydrogen-bond donors (Lipinski definition) is 2. The molecule has 3 fully saturated rings. The molecule has 1 heterocycles. The van der Waals surface area contributed by atoms with Crippen molar-refractivity contribution < 1.29 is 19.1 Å². The van der Waals surface area contributed by atoms with Gasteiger partial charge < -0.3 is 15.4 Å². The van der Waals surface area contributed by atoms with E-state index in [0.717, 1.165) is 23.2 Å². The van der Waals surface area contributed by atoms with Crippen LogP contribution in [0, 0.1) is 37.5 Å². The van der Waals surface area contributed by atoms with E-state index in [1.807, 2.05) is 32.0 Å². The summed E-state index contributed by atoms with van der Waals surface area (Å²) in [6.07, 6.45) is 0.719. The van der Waals surface area contributed by atoms with Crippen LogP contribution < -0.4 is 10.6 Å². The summed E-state index contributed by atoms with van der Waals surface area (Å²) in [5.74, 6) is -1.26. The minimum absolute atomic E-state index is 0.0193. The summed E-state index contributed by atoms with van der Waals surface area (Å²) < 4.78 is 5.49. The number of amides is 2. The lowest BCUT2D eigenvalue weighted by molar-refractivity contribution is -0.145. The summed E-state index contributed by atoms with van der Waals surface area (Å²) in [4.78, 5) is 38.1. The number of ether oxygens (including phenoxy) is 1. The molecule has 0 radical (unpaired) electrons. The molecular formula is C24H23BrN2O4. The van der Waals surface area contributed by atoms with E-state index < -0.39 is 5.92 Å². The number of alkyl halides is 1. The Labute approximate surface area is 188 Å². The Kier molecular flexibility index (Phi) is 4.88. The molecule has 2 N–H and O–H groups in total. The highest BCUT2D eigenvalue weighted by atomic mass is 79.9. The molecule has 0 spiro atoms. The van der Waals surface area contributed by atoms with E-state index in [-0.39, 0.29) is 46.5 Å². The molecule has 0 aromatic heterocycles. The van der Waals surface area contributed by atoms with Gasteiger partial charge in [0.15, 0.2) is 0 Å². The highest BCUT2D eigenvalue weighted by molar-refractivity contribution is 9.09. The second kappa shape index (κ2) is 7.48. The van der Waals surface area contributed by atoms with Gasteiger partial charge in [-0.15, -0.1) is 0 Å². The average molecular weight is 483 g/mol. The highest BCUT2D eigenvalue weighted by Gasteiger charge is 2.67. The Bertz CT molecular complexity index is 1080. The number of benzene rings is 2. The molecule has 31 heavy (non-hydrogen) atoms. The lowest BCUT2D eigenvalue weighted by atomic mass is 9.79. The number of aryl methyl sites for hydroxylation is 2. The van der Waals surface area contributed by atoms with Crippen LogP contribution in [-0.2, 0) is 14.3 Å². The van der Waals surface area contributed by atoms with Crippen LogP contribution in [0.2, 0.25) is 0 Å². The van der Waals surface area contributed by atoms with Crippen LogP contribution >= 0.6 is 15.9 Å². The quantitative estimate of drug-likeness (QED) is 0.508. The van der Waals surface area contributed by atoms with E-state index in [0.29, 0.717) is 11.3 Å². The fraction of sp³-hybridized carbons (Fsp3) is 0.375. The highest BCUT2D eigenvalue weighted by Crippen LogP contribution is 2.60. The third-order valence-corrected chi connectivity index (χ3v) is 7.90. The topological polar surface area (TPSA) is 84.5 Å². The molecule has 2 bridgehead atoms. The van der Waals surface area contributed by atoms with Crippen molar-refractivity contribution in [1.29, 1.82) is 0 Å². The molecule has 2 aromatic rings. The van der Waals surface area contributed by atoms with Crippen molar-refractivity contribution in [2.45, 2.75) is 31.2 Å². The van der Waals surface area contributed by atoms with Gasteiger partial charge in [0.25, 0.3) is 5.91 Å². The van der Waals surface area contributed by atoms with Crippen LogP contribution in [0.25, 0.3) is 0 Å². The third-order valence-electron chi connectivity index (χ3n) is 6.70. The zero-order valence-corrected chi connectivity index (χ0v) is 18.8. The molecule has 1 saturated heterocycles. The predicted molar refractivity (Wildman–Crippen MR) is 120 cm³/mol. The minimum atomic E-state index is -0.409. The SMILES string of the molecule is Cc1cc(C)cc(NC(=O)c2cccc(NC(=O)[C@@H]3[C@H]4C[C@H]5[C@H](OC(=O)[C@H]53)[C@H]4Br)c2)c1. The molecule has 7 heteroatoms. The van der Waals surface area contributed by atoms with E-state index >= 15 is 0 Å². The largest absolute Gasteiger partial charge is 0.461 e. The Balaban J connectivity index is 1.31. The summed E-state index contributed by atoms with van der Waals surface area (Å²) in [5.41, 5.74) is 3.86. The van der Waals surface area contributed by atoms with Gasteiger partial charge in [-0.25, -0.2) is 0 Å². The molecule has 2 amide bonds. The van der Waals surface area contributed by atoms with Crippen LogP contribution in [0.15, 0.2) is 42.5 Å². The van der Waals surface area contributed by atoms with Crippen molar-refractivity contribution in [3.8, 4) is 0 Å². The Morgan fingerprint density at radius 3 is 2.48 bits per heavy atom. The van der Waals surface area contributed by atoms with Crippen molar-refractivity contribution in [3.05, 3.63) is 59.2 Å². The number of carbonyl (C=O) groups excluding carboxylic acids is 3. The number of hydrogen-bond acceptors (Lipinski definition) is 4. The zero-order valence-electron chi connectivity index (χ0n) is 17.2. The van der Waals surface area contributed by atoms with Gasteiger partial charge in [0.2, 0.25) is 5.91 Å². The van der Waals surface area contributed by atoms with Crippen molar-refractivity contribution in [3.63, 3.8) is 0 Å². The minimum Gasteiger partial charge on any atom is -0.461 e. The first-order chi connectivity index (χ1) is 14.8. The first-order valence-corrected chi connectivity index (χ1v) is 11.4. The van der Waals surface area contributed by atoms with Crippen LogP contribution in [0.5, 0.6) is 0 Å². The molecule has 2 aromatic carbocycles. The number of rotatable bonds is 4. The zero-order chi connectivity index (χ0) is 21.9. The lowest BCUT2D eigenvalue weighted by Crippen LogP contribution is -2.40. The second-order valence-electron chi connectivity index (χ2n) is 8.86. The average Bonchev–Trinajstić information content (AvgIpc) is 3.31. The maximum atomic E-state index is 13.1. The van der Waals surface area contributed by atoms with Gasteiger partial charge >= 0.3 is 5.97 Å². The molecule has 2 aliphatic carbocycles. The molecule has 160 valence electrons. The number of esters is 1. The van der Waals surface area contributed by atoms with Gasteiger partial charge in [-0.05, 0) is 67.6 Å². The molecule has 1 aliphatic heterocycles. The number of fused-ring (bicyclic) bond motifs is 1. The van der Waals surface area contributed by atoms with Gasteiger partial charge in [-0.3, -0.25) is 14.4 Å². The summed E-state index contributed by atoms with van der Waals surface area (Å²) in [5, 5.41) is 5.83. The van der Waals surface area contributed by atoms with Crippen LogP contribution in [-0.4, -0.2) is 28.7 Å². The summed E-state index contributed by atoms with van der Waals surface area (Å²) in [6, 6.07) is 12.7. The van der Waals surface area contributed by atoms with Crippen LogP contribution in [0.3, 0.4) is 0 Å². The molecule has 5 rings (SSSR count). The van der Waals surface area contributed by atoms with E-state index in [1.54, 1.807) is 24.3 Å². The molecule has 0 unspecified atom stereocenters. The maximum absolute atomic E-state index is 13.1. The molecular weight excluding hydrogens is 460 g/mol. The van der Waals surface area contributed by atoms with Gasteiger partial charge in [0.1, 0.15) is 6.10 Å². The van der Waals surface area contributed by atoms with Gasteiger partial charge in [0.05, 0.1) is 16.7 Å². The first-order valence-electron chi connectivity index (χ1n) is 10.5. The van der Waals surface area contributed by atoms with E-state index in [4.69, 9.17) is 4.74 Å². The fourth-order valence-electron chi connectivity index (χ4n) is 5.54. The van der Waals surface area contributed by atoms with Crippen molar-refractivity contribution in [1.82, 2.24) is 0 Å². The van der Waals surface area contributed by atoms with Crippen molar-refractivity contribution >= 4 is 45.1 Å². The summed E-state index contributed by atoms with van der Waals surface area (Å²) >= 11 is 3.63. The maximum Gasteiger partial charge on any atom is 0.310 e. The monoisotopic (exact) mass is 482 g/mol. The van der Waals surface area contributed by atoms with Gasteiger partial charge in [-0.1, -0.05) is 28.1 Å². The van der Waals surface area contributed by atoms with Crippen LogP contribution in [0.4, 0.5) is 11.4 Å². The summed E-state index contributed by atoms with van der Waals surface area (Å²) in [6.45, 7) is 3.96. The summed E-state index contributed by atoms with van der Waals surface area (Å²) in [7, 11) is 0. The molecule has 3 aliphatic rings. The number of carbonyl (C=O) groups is 3. The predicted octanol–water partition coefficient (Wildman–Crippen LogP) is 4.07. The Morgan fingerprint density at radius 2 is 1.74 bits per heavy atom. The number of nitrogens with one attached hydrogen (secondary N) is 2. The molecule has 6 atom stereocenters. The standard InChI is InChI=1S/C24H23BrN2O4/c1-11-6-12(2)8-15(7-11)27-22(28)13-4-3-5-14(9-13)26-23(29)18-16-10-17-19(18)24(30)31-21(17)20(16)25/h3-9,16-21H,10H2,1-2H3,(H,26,29)(H,27,28)/t16-,17-,18-,19-,20+,21+/m1/s1. The van der Waals surface area contributed by atoms with Gasteiger partial charge in [-0.2, -0.15) is 0 Å². The Morgan fingerprint density at radius 1 is 1.00 bits per heavy atom. The number of anilines is 2. The normalized spacial score (nSPS) is 30.2. The number of halogens is 1. The van der Waals surface area contributed by atoms with Gasteiger partial charge in [0, 0.05) is 22.9 Å². The van der Waals surface area contributed by atoms with Crippen molar-refractivity contribution in [2.75, 3.05) is 10.6 Å². The smallest absolute Gasteiger partial charge is 0.310 e. The van der Waals surface area contributed by atoms with Crippen molar-refractivity contribution in [2.24, 2.45) is 23.7 Å². The lowest BCUT2D eigenvalue weighted by Gasteiger charge is -2.27.